The predicted molar refractivity (Wildman–Crippen MR) is 127 cm³/mol. The van der Waals surface area contributed by atoms with E-state index in [0.29, 0.717) is 11.1 Å². The minimum Gasteiger partial charge on any atom is -0.497 e. The second-order valence-electron chi connectivity index (χ2n) is 8.65. The number of hydrogen-bond acceptors (Lipinski definition) is 2. The summed E-state index contributed by atoms with van der Waals surface area (Å²) in [6.07, 6.45) is 0. The Morgan fingerprint density at radius 3 is 1.66 bits per heavy atom. The lowest BCUT2D eigenvalue weighted by atomic mass is 10.1. The van der Waals surface area contributed by atoms with Gasteiger partial charge in [0, 0.05) is 17.9 Å². The lowest BCUT2D eigenvalue weighted by Gasteiger charge is -2.49. The molecule has 29 heavy (non-hydrogen) atoms. The Hall–Kier alpha value is -2.52. The van der Waals surface area contributed by atoms with Crippen LogP contribution in [0, 0.1) is 0 Å². The smallest absolute Gasteiger partial charge is 0.128 e. The largest absolute Gasteiger partial charge is 0.497 e. The lowest BCUT2D eigenvalue weighted by Crippen LogP contribution is -2.66. The van der Waals surface area contributed by atoms with Crippen molar-refractivity contribution in [2.24, 2.45) is 0 Å². The van der Waals surface area contributed by atoms with Gasteiger partial charge in [-0.3, -0.25) is 0 Å². The standard InChI is InChI=1S/C26H31NOSi/c1-19(2)29(20(3)4)25-12-8-6-10-23(25)27(24-11-7-9-13-26(24)29)18-21-14-16-22(28-5)17-15-21/h6-17,19-20H,18H2,1-5H3. The fourth-order valence-corrected chi connectivity index (χ4v) is 11.5. The predicted octanol–water partition coefficient (Wildman–Crippen LogP) is 5.73. The highest BCUT2D eigenvalue weighted by atomic mass is 28.3. The summed E-state index contributed by atoms with van der Waals surface area (Å²) in [6, 6.07) is 26.7. The third-order valence-electron chi connectivity index (χ3n) is 6.60. The van der Waals surface area contributed by atoms with Crippen molar-refractivity contribution in [3.63, 3.8) is 0 Å². The molecule has 0 aromatic heterocycles. The van der Waals surface area contributed by atoms with E-state index in [9.17, 15) is 0 Å². The summed E-state index contributed by atoms with van der Waals surface area (Å²) in [7, 11) is -0.198. The first kappa shape index (κ1) is 19.8. The van der Waals surface area contributed by atoms with Gasteiger partial charge in [-0.25, -0.2) is 0 Å². The molecule has 0 bridgehead atoms. The first-order valence-electron chi connectivity index (χ1n) is 10.6. The van der Waals surface area contributed by atoms with E-state index in [1.54, 1.807) is 17.5 Å². The van der Waals surface area contributed by atoms with Crippen LogP contribution in [0.25, 0.3) is 0 Å². The number of para-hydroxylation sites is 2. The van der Waals surface area contributed by atoms with Crippen LogP contribution in [0.3, 0.4) is 0 Å². The highest BCUT2D eigenvalue weighted by Crippen LogP contribution is 2.42. The van der Waals surface area contributed by atoms with Crippen LogP contribution in [0.2, 0.25) is 11.1 Å². The normalized spacial score (nSPS) is 14.7. The minimum atomic E-state index is -1.91. The highest BCUT2D eigenvalue weighted by Gasteiger charge is 2.49. The maximum Gasteiger partial charge on any atom is 0.128 e. The van der Waals surface area contributed by atoms with Gasteiger partial charge in [0.2, 0.25) is 0 Å². The Bertz CT molecular complexity index is 936. The molecule has 0 N–H and O–H groups in total. The number of hydrogen-bond donors (Lipinski definition) is 0. The third-order valence-corrected chi connectivity index (χ3v) is 12.9. The van der Waals surface area contributed by atoms with Crippen LogP contribution >= 0.6 is 0 Å². The molecular weight excluding hydrogens is 370 g/mol. The van der Waals surface area contributed by atoms with Crippen LogP contribution in [0.5, 0.6) is 5.75 Å². The molecule has 0 atom stereocenters. The van der Waals surface area contributed by atoms with Gasteiger partial charge < -0.3 is 9.64 Å². The quantitative estimate of drug-likeness (QED) is 0.506. The van der Waals surface area contributed by atoms with Gasteiger partial charge >= 0.3 is 0 Å². The van der Waals surface area contributed by atoms with Crippen LogP contribution < -0.4 is 20.0 Å². The molecule has 0 unspecified atom stereocenters. The Kier molecular flexibility index (Phi) is 5.26. The van der Waals surface area contributed by atoms with Crippen LogP contribution in [0.15, 0.2) is 72.8 Å². The molecule has 0 saturated carbocycles. The second-order valence-corrected chi connectivity index (χ2v) is 13.8. The average molecular weight is 402 g/mol. The zero-order valence-corrected chi connectivity index (χ0v) is 19.1. The van der Waals surface area contributed by atoms with Gasteiger partial charge in [-0.1, -0.05) is 76.2 Å². The van der Waals surface area contributed by atoms with E-state index in [0.717, 1.165) is 12.3 Å². The minimum absolute atomic E-state index is 0.632. The van der Waals surface area contributed by atoms with Crippen molar-refractivity contribution >= 4 is 29.8 Å². The summed E-state index contributed by atoms with van der Waals surface area (Å²) < 4.78 is 5.34. The fourth-order valence-electron chi connectivity index (χ4n) is 5.39. The van der Waals surface area contributed by atoms with E-state index in [1.807, 2.05) is 0 Å². The Labute approximate surface area is 176 Å². The number of anilines is 2. The van der Waals surface area contributed by atoms with E-state index in [1.165, 1.54) is 16.9 Å². The van der Waals surface area contributed by atoms with Crippen LogP contribution in [-0.2, 0) is 6.54 Å². The van der Waals surface area contributed by atoms with Crippen molar-refractivity contribution in [2.45, 2.75) is 45.3 Å². The third kappa shape index (κ3) is 3.08. The molecule has 2 nitrogen and oxygen atoms in total. The first-order valence-corrected chi connectivity index (χ1v) is 12.7. The van der Waals surface area contributed by atoms with E-state index >= 15 is 0 Å². The van der Waals surface area contributed by atoms with Crippen molar-refractivity contribution in [1.82, 2.24) is 0 Å². The van der Waals surface area contributed by atoms with Crippen molar-refractivity contribution in [2.75, 3.05) is 12.0 Å². The molecule has 0 saturated heterocycles. The number of rotatable bonds is 5. The molecule has 4 rings (SSSR count). The van der Waals surface area contributed by atoms with Gasteiger partial charge in [0.25, 0.3) is 0 Å². The Morgan fingerprint density at radius 1 is 0.724 bits per heavy atom. The molecule has 0 amide bonds. The summed E-state index contributed by atoms with van der Waals surface area (Å²) >= 11 is 0. The molecular formula is C26H31NOSi. The SMILES string of the molecule is COc1ccc(CN2c3ccccc3[Si](C(C)C)(C(C)C)c3ccccc32)cc1. The van der Waals surface area contributed by atoms with Crippen LogP contribution in [0.4, 0.5) is 11.4 Å². The Morgan fingerprint density at radius 2 is 1.21 bits per heavy atom. The molecule has 150 valence electrons. The number of methoxy groups -OCH3 is 1. The van der Waals surface area contributed by atoms with Gasteiger partial charge in [-0.15, -0.1) is 0 Å². The van der Waals surface area contributed by atoms with Crippen molar-refractivity contribution < 1.29 is 4.74 Å². The summed E-state index contributed by atoms with van der Waals surface area (Å²) in [4.78, 5) is 2.52. The van der Waals surface area contributed by atoms with Crippen molar-refractivity contribution in [3.05, 3.63) is 78.4 Å². The monoisotopic (exact) mass is 401 g/mol. The Balaban J connectivity index is 1.91. The zero-order chi connectivity index (χ0) is 20.6. The number of fused-ring (bicyclic) bond motifs is 2. The molecule has 3 aromatic carbocycles. The lowest BCUT2D eigenvalue weighted by molar-refractivity contribution is 0.414. The zero-order valence-electron chi connectivity index (χ0n) is 18.1. The maximum atomic E-state index is 5.34. The fraction of sp³-hybridized carbons (Fsp3) is 0.308. The summed E-state index contributed by atoms with van der Waals surface area (Å²) in [5.74, 6) is 0.902. The van der Waals surface area contributed by atoms with Crippen LogP contribution in [0.1, 0.15) is 33.3 Å². The molecule has 0 spiro atoms. The molecule has 0 radical (unpaired) electrons. The second kappa shape index (κ2) is 7.72. The summed E-state index contributed by atoms with van der Waals surface area (Å²) in [5.41, 5.74) is 5.33. The van der Waals surface area contributed by atoms with Gasteiger partial charge in [-0.05, 0) is 51.3 Å². The summed E-state index contributed by atoms with van der Waals surface area (Å²) in [6.45, 7) is 10.6. The molecule has 1 aliphatic heterocycles. The van der Waals surface area contributed by atoms with E-state index in [2.05, 4.69) is 105 Å². The highest BCUT2D eigenvalue weighted by molar-refractivity contribution is 7.06. The maximum absolute atomic E-state index is 5.34. The molecule has 1 aliphatic rings. The van der Waals surface area contributed by atoms with Gasteiger partial charge in [0.1, 0.15) is 13.8 Å². The number of nitrogens with zero attached hydrogens (tertiary/aromatic N) is 1. The topological polar surface area (TPSA) is 12.5 Å². The van der Waals surface area contributed by atoms with Gasteiger partial charge in [-0.2, -0.15) is 0 Å². The average Bonchev–Trinajstić information content (AvgIpc) is 2.73. The van der Waals surface area contributed by atoms with Crippen LogP contribution in [-0.4, -0.2) is 15.2 Å². The number of benzene rings is 3. The van der Waals surface area contributed by atoms with E-state index in [4.69, 9.17) is 4.74 Å². The molecule has 1 heterocycles. The van der Waals surface area contributed by atoms with Crippen molar-refractivity contribution in [1.29, 1.82) is 0 Å². The van der Waals surface area contributed by atoms with Gasteiger partial charge in [0.05, 0.1) is 7.11 Å². The summed E-state index contributed by atoms with van der Waals surface area (Å²) in [5, 5.41) is 3.16. The van der Waals surface area contributed by atoms with E-state index < -0.39 is 8.07 Å². The van der Waals surface area contributed by atoms with Crippen molar-refractivity contribution in [3.8, 4) is 5.75 Å². The van der Waals surface area contributed by atoms with Gasteiger partial charge in [0.15, 0.2) is 0 Å². The first-order chi connectivity index (χ1) is 14.0. The number of ether oxygens (including phenoxy) is 1. The molecule has 0 aliphatic carbocycles. The molecule has 0 fully saturated rings. The molecule has 3 aromatic rings. The molecule has 3 heteroatoms. The van der Waals surface area contributed by atoms with E-state index in [-0.39, 0.29) is 0 Å².